The van der Waals surface area contributed by atoms with Crippen LogP contribution in [0, 0.1) is 6.92 Å². The maximum atomic E-state index is 5.22. The Kier molecular flexibility index (Phi) is 4.84. The Labute approximate surface area is 245 Å². The van der Waals surface area contributed by atoms with Gasteiger partial charge >= 0.3 is 0 Å². The summed E-state index contributed by atoms with van der Waals surface area (Å²) in [7, 11) is 0. The molecule has 9 rings (SSSR count). The van der Waals surface area contributed by atoms with Gasteiger partial charge in [0.2, 0.25) is 0 Å². The van der Waals surface area contributed by atoms with Crippen molar-refractivity contribution in [3.05, 3.63) is 133 Å². The van der Waals surface area contributed by atoms with Crippen LogP contribution in [0.15, 0.2) is 122 Å². The Morgan fingerprint density at radius 2 is 1.38 bits per heavy atom. The third kappa shape index (κ3) is 3.13. The molecule has 3 nitrogen and oxygen atoms in total. The first-order valence-corrected chi connectivity index (χ1v) is 15.0. The van der Waals surface area contributed by atoms with Crippen molar-refractivity contribution in [1.82, 2.24) is 14.0 Å². The van der Waals surface area contributed by atoms with Crippen LogP contribution in [0.5, 0.6) is 0 Å². The minimum Gasteiger partial charge on any atom is -0.309 e. The topological polar surface area (TPSA) is 22.2 Å². The number of pyridine rings is 1. The van der Waals surface area contributed by atoms with Crippen LogP contribution in [0.1, 0.15) is 11.4 Å². The van der Waals surface area contributed by atoms with Crippen molar-refractivity contribution in [1.29, 1.82) is 0 Å². The van der Waals surface area contributed by atoms with Gasteiger partial charge in [0.15, 0.2) is 0 Å². The summed E-state index contributed by atoms with van der Waals surface area (Å²) >= 11 is 1.85. The van der Waals surface area contributed by atoms with Gasteiger partial charge in [-0.25, -0.2) is 4.98 Å². The van der Waals surface area contributed by atoms with E-state index < -0.39 is 0 Å². The summed E-state index contributed by atoms with van der Waals surface area (Å²) in [6.07, 6.45) is 5.83. The zero-order valence-electron chi connectivity index (χ0n) is 23.0. The summed E-state index contributed by atoms with van der Waals surface area (Å²) < 4.78 is 7.34. The molecule has 0 aliphatic heterocycles. The number of benzene rings is 5. The molecule has 0 aliphatic carbocycles. The van der Waals surface area contributed by atoms with Crippen molar-refractivity contribution in [2.24, 2.45) is 0 Å². The van der Waals surface area contributed by atoms with Crippen LogP contribution >= 0.6 is 11.3 Å². The minimum atomic E-state index is 0.962. The molecule has 0 aliphatic rings. The van der Waals surface area contributed by atoms with Crippen LogP contribution in [0.3, 0.4) is 0 Å². The van der Waals surface area contributed by atoms with Crippen molar-refractivity contribution in [2.45, 2.75) is 6.92 Å². The number of allylic oxidation sites excluding steroid dienone is 2. The second-order valence-electron chi connectivity index (χ2n) is 10.9. The molecule has 0 atom stereocenters. The molecule has 4 heteroatoms. The van der Waals surface area contributed by atoms with Gasteiger partial charge in [-0.2, -0.15) is 0 Å². The highest BCUT2D eigenvalue weighted by molar-refractivity contribution is 7.25. The molecule has 0 saturated carbocycles. The van der Waals surface area contributed by atoms with Gasteiger partial charge in [-0.3, -0.25) is 4.40 Å². The molecule has 0 amide bonds. The van der Waals surface area contributed by atoms with Gasteiger partial charge < -0.3 is 4.57 Å². The SMILES string of the molecule is C=C/C=C\c1nc2c3cc4sc5ccccc5c4cc3c3cc4c5ccccc5n(-c5ccccc5)c4cc3n2c1C. The average Bonchev–Trinajstić information content (AvgIpc) is 3.67. The summed E-state index contributed by atoms with van der Waals surface area (Å²) in [6, 6.07) is 37.7. The van der Waals surface area contributed by atoms with Gasteiger partial charge in [0.25, 0.3) is 0 Å². The lowest BCUT2D eigenvalue weighted by Gasteiger charge is -2.12. The van der Waals surface area contributed by atoms with E-state index in [4.69, 9.17) is 4.98 Å². The predicted octanol–water partition coefficient (Wildman–Crippen LogP) is 10.6. The average molecular weight is 556 g/mol. The Morgan fingerprint density at radius 1 is 0.643 bits per heavy atom. The van der Waals surface area contributed by atoms with Gasteiger partial charge in [-0.05, 0) is 66.9 Å². The Morgan fingerprint density at radius 3 is 2.24 bits per heavy atom. The molecule has 0 saturated heterocycles. The largest absolute Gasteiger partial charge is 0.309 e. The molecule has 0 radical (unpaired) electrons. The normalized spacial score (nSPS) is 12.4. The van der Waals surface area contributed by atoms with E-state index >= 15 is 0 Å². The van der Waals surface area contributed by atoms with E-state index in [0.717, 1.165) is 28.2 Å². The van der Waals surface area contributed by atoms with E-state index in [-0.39, 0.29) is 0 Å². The molecule has 198 valence electrons. The number of nitrogens with zero attached hydrogens (tertiary/aromatic N) is 3. The number of rotatable bonds is 3. The number of aromatic nitrogens is 3. The van der Waals surface area contributed by atoms with Gasteiger partial charge in [0.1, 0.15) is 5.65 Å². The van der Waals surface area contributed by atoms with E-state index in [0.29, 0.717) is 0 Å². The summed E-state index contributed by atoms with van der Waals surface area (Å²) in [5.41, 5.74) is 7.78. The molecule has 42 heavy (non-hydrogen) atoms. The highest BCUT2D eigenvalue weighted by Crippen LogP contribution is 2.42. The van der Waals surface area contributed by atoms with E-state index in [1.165, 1.54) is 58.1 Å². The van der Waals surface area contributed by atoms with E-state index in [1.54, 1.807) is 0 Å². The number of fused-ring (bicyclic) bond motifs is 12. The van der Waals surface area contributed by atoms with Crippen LogP contribution in [0.25, 0.3) is 81.1 Å². The van der Waals surface area contributed by atoms with Gasteiger partial charge in [-0.15, -0.1) is 11.3 Å². The number of hydrogen-bond acceptors (Lipinski definition) is 2. The van der Waals surface area contributed by atoms with E-state index in [1.807, 2.05) is 23.5 Å². The van der Waals surface area contributed by atoms with Crippen LogP contribution in [0.4, 0.5) is 0 Å². The fourth-order valence-electron chi connectivity index (χ4n) is 6.75. The zero-order chi connectivity index (χ0) is 27.9. The second-order valence-corrected chi connectivity index (χ2v) is 12.0. The molecule has 0 N–H and O–H groups in total. The number of thiophene rings is 1. The number of imidazole rings is 1. The molecule has 4 aromatic heterocycles. The molecule has 5 aromatic carbocycles. The Balaban J connectivity index is 1.54. The number of hydrogen-bond donors (Lipinski definition) is 0. The van der Waals surface area contributed by atoms with Crippen LogP contribution in [0.2, 0.25) is 0 Å². The molecule has 0 bridgehead atoms. The van der Waals surface area contributed by atoms with Crippen molar-refractivity contribution in [3.8, 4) is 5.69 Å². The Hall–Kier alpha value is -5.19. The summed E-state index contributed by atoms with van der Waals surface area (Å²) in [6.45, 7) is 6.05. The number of para-hydroxylation sites is 2. The lowest BCUT2D eigenvalue weighted by Crippen LogP contribution is -1.96. The molecule has 9 aromatic rings. The quantitative estimate of drug-likeness (QED) is 0.157. The third-order valence-electron chi connectivity index (χ3n) is 8.63. The van der Waals surface area contributed by atoms with Crippen molar-refractivity contribution >= 4 is 86.7 Å². The molecule has 0 fully saturated rings. The van der Waals surface area contributed by atoms with Crippen molar-refractivity contribution in [3.63, 3.8) is 0 Å². The monoisotopic (exact) mass is 555 g/mol. The van der Waals surface area contributed by atoms with Crippen LogP contribution in [-0.2, 0) is 0 Å². The van der Waals surface area contributed by atoms with Crippen molar-refractivity contribution < 1.29 is 0 Å². The molecule has 0 unspecified atom stereocenters. The van der Waals surface area contributed by atoms with Gasteiger partial charge in [0, 0.05) is 53.1 Å². The summed E-state index contributed by atoms with van der Waals surface area (Å²) in [5.74, 6) is 0. The fourth-order valence-corrected chi connectivity index (χ4v) is 7.88. The van der Waals surface area contributed by atoms with Gasteiger partial charge in [0.05, 0.1) is 22.2 Å². The first kappa shape index (κ1) is 23.5. The highest BCUT2D eigenvalue weighted by atomic mass is 32.1. The smallest absolute Gasteiger partial charge is 0.146 e. The summed E-state index contributed by atoms with van der Waals surface area (Å²) in [4.78, 5) is 5.22. The van der Waals surface area contributed by atoms with Crippen molar-refractivity contribution in [2.75, 3.05) is 0 Å². The predicted molar refractivity (Wildman–Crippen MR) is 181 cm³/mol. The second kappa shape index (κ2) is 8.65. The Bertz CT molecular complexity index is 2590. The third-order valence-corrected chi connectivity index (χ3v) is 9.76. The lowest BCUT2D eigenvalue weighted by molar-refractivity contribution is 1.16. The zero-order valence-corrected chi connectivity index (χ0v) is 23.8. The number of aryl methyl sites for hydroxylation is 1. The first-order valence-electron chi connectivity index (χ1n) is 14.2. The minimum absolute atomic E-state index is 0.962. The molecule has 0 spiro atoms. The molecular formula is C38H25N3S. The maximum absolute atomic E-state index is 5.22. The first-order chi connectivity index (χ1) is 20.7. The van der Waals surface area contributed by atoms with Crippen LogP contribution < -0.4 is 0 Å². The fraction of sp³-hybridized carbons (Fsp3) is 0.0263. The molecule has 4 heterocycles. The lowest BCUT2D eigenvalue weighted by atomic mass is 10.0. The molecular weight excluding hydrogens is 531 g/mol. The maximum Gasteiger partial charge on any atom is 0.146 e. The van der Waals surface area contributed by atoms with E-state index in [9.17, 15) is 0 Å². The van der Waals surface area contributed by atoms with E-state index in [2.05, 4.69) is 132 Å². The summed E-state index contributed by atoms with van der Waals surface area (Å²) in [5, 5.41) is 8.76. The highest BCUT2D eigenvalue weighted by Gasteiger charge is 2.20. The van der Waals surface area contributed by atoms with Crippen LogP contribution in [-0.4, -0.2) is 14.0 Å². The van der Waals surface area contributed by atoms with Gasteiger partial charge in [-0.1, -0.05) is 73.3 Å². The standard InChI is InChI=1S/C38H25N3S/c1-3-4-16-32-23(2)40-34-22-35-28(25-14-8-10-17-33(25)41(35)24-12-6-5-7-13-24)20-29(34)27-19-30-26-15-9-11-18-36(26)42-37(30)21-31(27)38(40)39-32/h3-22H,1H2,2H3/b16-4-.